The number of halogens is 2. The molecule has 0 radical (unpaired) electrons. The van der Waals surface area contributed by atoms with Gasteiger partial charge < -0.3 is 23.7 Å². The Morgan fingerprint density at radius 1 is 0.200 bits per heavy atom. The van der Waals surface area contributed by atoms with Crippen molar-refractivity contribution < 1.29 is 10.0 Å². The summed E-state index contributed by atoms with van der Waals surface area (Å²) in [6.45, 7) is 0. The van der Waals surface area contributed by atoms with Crippen molar-refractivity contribution in [3.8, 4) is 39.3 Å². The Balaban J connectivity index is 0.0000000906. The predicted octanol–water partition coefficient (Wildman–Crippen LogP) is 36.1. The van der Waals surface area contributed by atoms with Crippen molar-refractivity contribution >= 4 is 299 Å². The van der Waals surface area contributed by atoms with E-state index in [0.717, 1.165) is 52.3 Å². The van der Waals surface area contributed by atoms with Crippen LogP contribution in [-0.2, 0) is 6.42 Å². The number of hydrogen-bond acceptors (Lipinski definition) is 8. The lowest BCUT2D eigenvalue weighted by Gasteiger charge is -2.12. The van der Waals surface area contributed by atoms with Crippen molar-refractivity contribution in [2.24, 2.45) is 0 Å². The van der Waals surface area contributed by atoms with Crippen LogP contribution in [0.3, 0.4) is 0 Å². The number of benzene rings is 20. The third-order valence-corrected chi connectivity index (χ3v) is 34.2. The molecule has 0 aliphatic heterocycles. The SMILES string of the molecule is Brc1ccc2sc3ccccc3c2c1.Brc1ccc2sc3ccccc3c2c1.OB(O)c1cc(-n2c3ccccc3c3ccccc32)cc2c1sc1ccccc12.c1ccc2c(c1)Cc1ccccc1-2.c1ccc2c(c1)sc1ccc(-c3cc(-n4c5ccccc5c5ccccc54)cc4c3sc3ccccc34)cc12.c1ccc2c(c1)sc1ccc(-n3c4ccccc4c4ccccc43)cc12. The largest absolute Gasteiger partial charge is 0.489 e. The molecule has 0 amide bonds. The monoisotopic (exact) mass is 1960 g/mol. The molecule has 0 saturated carbocycles. The van der Waals surface area contributed by atoms with E-state index in [-0.39, 0.29) is 0 Å². The Labute approximate surface area is 817 Å². The summed E-state index contributed by atoms with van der Waals surface area (Å²) in [5, 5.41) is 43.4. The minimum absolute atomic E-state index is 0.542. The van der Waals surface area contributed by atoms with Crippen LogP contribution in [0.4, 0.5) is 0 Å². The highest BCUT2D eigenvalue weighted by Gasteiger charge is 2.25. The number of hydrogen-bond donors (Lipinski definition) is 2. The van der Waals surface area contributed by atoms with Gasteiger partial charge in [-0.15, -0.1) is 68.0 Å². The summed E-state index contributed by atoms with van der Waals surface area (Å²) < 4.78 is 24.9. The zero-order valence-electron chi connectivity index (χ0n) is 72.3. The molecule has 0 spiro atoms. The Morgan fingerprint density at radius 2 is 0.467 bits per heavy atom. The van der Waals surface area contributed by atoms with Gasteiger partial charge in [0.2, 0.25) is 0 Å². The van der Waals surface area contributed by atoms with Crippen LogP contribution in [-0.4, -0.2) is 30.9 Å². The zero-order chi connectivity index (χ0) is 89.9. The standard InChI is InChI=1S/C36H21NS2.C24H16BNO2S.C24H15NS.C13H10.2C12H7BrS/c1-5-13-31-24(9-1)25-10-2-6-14-32(25)37(31)23-20-28(36-30(21-23)27-12-4-8-16-34(27)39-36)22-17-18-35-29(19-22)26-11-3-7-15-33(26)38-35;27-25(28)20-14-15(13-19-18-9-3-6-12-23(18)29-24(19)20)26-21-10-4-1-7-16(21)17-8-2-5-11-22(17)26;1-4-10-21-17(7-1)18-8-2-5-11-22(18)25(21)16-13-14-24-20(15-16)19-9-3-6-12-23(19)26-24;1-3-7-12-10(5-1)9-11-6-2-4-8-13(11)12;2*13-8-5-6-12-10(7-8)9-3-1-2-4-11(9)14-12/h1-21H;1-14,27-28H;1-15H;1-8H,9H2;2*1-7H. The summed E-state index contributed by atoms with van der Waals surface area (Å²) in [5.41, 5.74) is 19.4. The van der Waals surface area contributed by atoms with Gasteiger partial charge in [0, 0.05) is 190 Å². The van der Waals surface area contributed by atoms with Crippen molar-refractivity contribution in [2.45, 2.75) is 6.42 Å². The predicted molar refractivity (Wildman–Crippen MR) is 598 cm³/mol. The first-order chi connectivity index (χ1) is 66.6. The van der Waals surface area contributed by atoms with Gasteiger partial charge in [-0.05, 0) is 198 Å². The molecule has 0 fully saturated rings. The van der Waals surface area contributed by atoms with Gasteiger partial charge in [-0.2, -0.15) is 0 Å². The summed E-state index contributed by atoms with van der Waals surface area (Å²) in [7, 11) is -1.53. The fraction of sp³-hybridized carbons (Fsp3) is 0.00826. The second kappa shape index (κ2) is 34.8. The molecule has 2 N–H and O–H groups in total. The molecule has 9 aromatic heterocycles. The quantitative estimate of drug-likeness (QED) is 0.169. The lowest BCUT2D eigenvalue weighted by atomic mass is 9.79. The van der Waals surface area contributed by atoms with Crippen LogP contribution >= 0.6 is 99.9 Å². The minimum Gasteiger partial charge on any atom is -0.423 e. The molecule has 0 unspecified atom stereocenters. The highest BCUT2D eigenvalue weighted by atomic mass is 79.9. The molecule has 640 valence electrons. The highest BCUT2D eigenvalue weighted by Crippen LogP contribution is 2.48. The molecule has 1 aliphatic rings. The van der Waals surface area contributed by atoms with Gasteiger partial charge in [-0.25, -0.2) is 0 Å². The van der Waals surface area contributed by atoms with E-state index in [4.69, 9.17) is 0 Å². The maximum absolute atomic E-state index is 10.1. The summed E-state index contributed by atoms with van der Waals surface area (Å²) in [6, 6.07) is 156. The van der Waals surface area contributed by atoms with Crippen molar-refractivity contribution in [3.63, 3.8) is 0 Å². The van der Waals surface area contributed by atoms with Crippen molar-refractivity contribution in [2.75, 3.05) is 0 Å². The molecule has 1 aliphatic carbocycles. The van der Waals surface area contributed by atoms with Gasteiger partial charge in [0.25, 0.3) is 0 Å². The summed E-state index contributed by atoms with van der Waals surface area (Å²) in [5.74, 6) is 0. The summed E-state index contributed by atoms with van der Waals surface area (Å²) >= 11 is 18.0. The first-order valence-electron chi connectivity index (χ1n) is 44.9. The second-order valence-corrected chi connectivity index (χ2v) is 42.3. The first kappa shape index (κ1) is 82.9. The molecule has 0 atom stereocenters. The molecular weight excluding hydrogens is 1890 g/mol. The van der Waals surface area contributed by atoms with E-state index in [0.29, 0.717) is 5.46 Å². The molecule has 30 rings (SSSR count). The number of fused-ring (bicyclic) bond motifs is 30. The summed E-state index contributed by atoms with van der Waals surface area (Å²) in [4.78, 5) is 0. The average Bonchev–Trinajstić information content (AvgIpc) is 1.59. The van der Waals surface area contributed by atoms with Gasteiger partial charge in [-0.3, -0.25) is 0 Å². The number of nitrogens with zero attached hydrogens (tertiary/aromatic N) is 3. The number of thiophene rings is 6. The minimum atomic E-state index is -1.53. The molecule has 9 heterocycles. The van der Waals surface area contributed by atoms with Crippen LogP contribution in [0.15, 0.2) is 446 Å². The molecule has 29 aromatic rings. The highest BCUT2D eigenvalue weighted by molar-refractivity contribution is 9.10. The van der Waals surface area contributed by atoms with Gasteiger partial charge >= 0.3 is 7.12 Å². The third kappa shape index (κ3) is 14.8. The number of aromatic nitrogens is 3. The van der Waals surface area contributed by atoms with Gasteiger partial charge in [0.1, 0.15) is 0 Å². The van der Waals surface area contributed by atoms with Crippen LogP contribution in [0, 0.1) is 0 Å². The van der Waals surface area contributed by atoms with Gasteiger partial charge in [0.05, 0.1) is 33.1 Å². The van der Waals surface area contributed by atoms with E-state index in [2.05, 4.69) is 452 Å². The summed E-state index contributed by atoms with van der Waals surface area (Å²) in [6.07, 6.45) is 1.10. The van der Waals surface area contributed by atoms with E-state index < -0.39 is 7.12 Å². The van der Waals surface area contributed by atoms with E-state index in [1.807, 2.05) is 87.0 Å². The van der Waals surface area contributed by atoms with E-state index in [1.165, 1.54) is 200 Å². The van der Waals surface area contributed by atoms with Crippen LogP contribution in [0.1, 0.15) is 11.1 Å². The van der Waals surface area contributed by atoms with E-state index in [1.54, 1.807) is 11.3 Å². The zero-order valence-corrected chi connectivity index (χ0v) is 80.4. The molecule has 20 aromatic carbocycles. The molecule has 0 bridgehead atoms. The Hall–Kier alpha value is -13.9. The lowest BCUT2D eigenvalue weighted by molar-refractivity contribution is 0.426. The number of para-hydroxylation sites is 6. The van der Waals surface area contributed by atoms with Crippen LogP contribution in [0.2, 0.25) is 0 Å². The molecular formula is C121H76BBr2N3O2S6. The topological polar surface area (TPSA) is 55.2 Å². The smallest absolute Gasteiger partial charge is 0.423 e. The Morgan fingerprint density at radius 3 is 0.852 bits per heavy atom. The maximum atomic E-state index is 10.1. The maximum Gasteiger partial charge on any atom is 0.489 e. The normalized spacial score (nSPS) is 11.8. The van der Waals surface area contributed by atoms with Crippen LogP contribution < -0.4 is 5.46 Å². The van der Waals surface area contributed by atoms with Crippen LogP contribution in [0.5, 0.6) is 0 Å². The molecule has 0 saturated heterocycles. The molecule has 14 heteroatoms. The fourth-order valence-electron chi connectivity index (χ4n) is 20.1. The van der Waals surface area contributed by atoms with Crippen molar-refractivity contribution in [1.29, 1.82) is 0 Å². The fourth-order valence-corrected chi connectivity index (χ4v) is 27.6. The molecule has 5 nitrogen and oxygen atoms in total. The van der Waals surface area contributed by atoms with Gasteiger partial charge in [-0.1, -0.05) is 305 Å². The lowest BCUT2D eigenvalue weighted by Crippen LogP contribution is -2.30. The average molecular weight is 1970 g/mol. The first-order valence-corrected chi connectivity index (χ1v) is 51.4. The van der Waals surface area contributed by atoms with Crippen molar-refractivity contribution in [1.82, 2.24) is 13.7 Å². The molecule has 135 heavy (non-hydrogen) atoms. The second-order valence-electron chi connectivity index (χ2n) is 34.0. The Bertz CT molecular complexity index is 9450. The van der Waals surface area contributed by atoms with Crippen molar-refractivity contribution in [3.05, 3.63) is 457 Å². The Kier molecular flexibility index (Phi) is 21.4. The third-order valence-electron chi connectivity index (χ3n) is 26.2. The number of rotatable bonds is 5. The van der Waals surface area contributed by atoms with Crippen LogP contribution in [0.25, 0.3) is 226 Å². The van der Waals surface area contributed by atoms with Gasteiger partial charge in [0.15, 0.2) is 0 Å². The van der Waals surface area contributed by atoms with E-state index >= 15 is 0 Å². The van der Waals surface area contributed by atoms with E-state index in [9.17, 15) is 10.0 Å².